The molecule has 0 unspecified atom stereocenters. The number of anilines is 2. The third-order valence-corrected chi connectivity index (χ3v) is 3.75. The summed E-state index contributed by atoms with van der Waals surface area (Å²) in [5.41, 5.74) is 2.08. The summed E-state index contributed by atoms with van der Waals surface area (Å²) in [4.78, 5) is 13.0. The molecule has 2 aromatic rings. The molecule has 0 spiro atoms. The van der Waals surface area contributed by atoms with Crippen LogP contribution >= 0.6 is 23.2 Å². The van der Waals surface area contributed by atoms with Crippen molar-refractivity contribution < 1.29 is 9.90 Å². The molecule has 0 bridgehead atoms. The zero-order valence-electron chi connectivity index (χ0n) is 11.8. The standard InChI is InChI=1S/C17H15Cl2NO2.Ca.2H/c1-2-10-20(17-13(18)7-5-8-14(17)19)15-9-4-3-6-12(15)11-16(21)22;;;/h2-9H,1,10-11H2,(H,21,22);;;. The molecule has 1 N–H and O–H groups in total. The van der Waals surface area contributed by atoms with Crippen molar-refractivity contribution in [1.29, 1.82) is 0 Å². The Morgan fingerprint density at radius 2 is 1.74 bits per heavy atom. The zero-order chi connectivity index (χ0) is 16.1. The van der Waals surface area contributed by atoms with Crippen LogP contribution < -0.4 is 4.90 Å². The van der Waals surface area contributed by atoms with Gasteiger partial charge in [0.05, 0.1) is 22.2 Å². The van der Waals surface area contributed by atoms with Crippen LogP contribution in [0, 0.1) is 0 Å². The second-order valence-corrected chi connectivity index (χ2v) is 5.48. The Morgan fingerprint density at radius 1 is 1.13 bits per heavy atom. The maximum atomic E-state index is 11.1. The number of rotatable bonds is 6. The third kappa shape index (κ3) is 5.13. The number of nitrogens with zero attached hydrogens (tertiary/aromatic N) is 1. The summed E-state index contributed by atoms with van der Waals surface area (Å²) in [7, 11) is 0. The van der Waals surface area contributed by atoms with Crippen molar-refractivity contribution in [3.63, 3.8) is 0 Å². The van der Waals surface area contributed by atoms with Crippen molar-refractivity contribution in [3.8, 4) is 0 Å². The van der Waals surface area contributed by atoms with Crippen LogP contribution in [-0.4, -0.2) is 55.4 Å². The number of para-hydroxylation sites is 2. The number of halogens is 2. The fraction of sp³-hybridized carbons (Fsp3) is 0.118. The van der Waals surface area contributed by atoms with Gasteiger partial charge < -0.3 is 10.0 Å². The predicted molar refractivity (Wildman–Crippen MR) is 100.0 cm³/mol. The van der Waals surface area contributed by atoms with Gasteiger partial charge in [-0.2, -0.15) is 0 Å². The predicted octanol–water partition coefficient (Wildman–Crippen LogP) is 4.03. The van der Waals surface area contributed by atoms with E-state index in [0.717, 1.165) is 5.69 Å². The number of hydrogen-bond acceptors (Lipinski definition) is 2. The van der Waals surface area contributed by atoms with E-state index in [9.17, 15) is 4.79 Å². The Kier molecular flexibility index (Phi) is 8.45. The molecule has 0 heterocycles. The average molecular weight is 378 g/mol. The fourth-order valence-electron chi connectivity index (χ4n) is 2.27. The van der Waals surface area contributed by atoms with Crippen molar-refractivity contribution >= 4 is 78.3 Å². The van der Waals surface area contributed by atoms with Gasteiger partial charge in [-0.15, -0.1) is 6.58 Å². The molecule has 6 heteroatoms. The molecule has 0 atom stereocenters. The summed E-state index contributed by atoms with van der Waals surface area (Å²) in [6.07, 6.45) is 1.64. The number of aliphatic carboxylic acids is 1. The van der Waals surface area contributed by atoms with E-state index in [-0.39, 0.29) is 44.2 Å². The van der Waals surface area contributed by atoms with Crippen LogP contribution in [0.4, 0.5) is 11.4 Å². The van der Waals surface area contributed by atoms with Gasteiger partial charge in [-0.25, -0.2) is 0 Å². The number of carboxylic acids is 1. The fourth-order valence-corrected chi connectivity index (χ4v) is 2.87. The summed E-state index contributed by atoms with van der Waals surface area (Å²) >= 11 is 12.6. The van der Waals surface area contributed by atoms with Crippen molar-refractivity contribution in [2.75, 3.05) is 11.4 Å². The molecule has 0 aliphatic rings. The van der Waals surface area contributed by atoms with Gasteiger partial charge in [0, 0.05) is 12.2 Å². The minimum atomic E-state index is -0.892. The van der Waals surface area contributed by atoms with Crippen LogP contribution in [0.5, 0.6) is 0 Å². The monoisotopic (exact) mass is 377 g/mol. The summed E-state index contributed by atoms with van der Waals surface area (Å²) in [5.74, 6) is -0.892. The molecule has 3 nitrogen and oxygen atoms in total. The van der Waals surface area contributed by atoms with E-state index in [1.54, 1.807) is 30.3 Å². The Labute approximate surface area is 175 Å². The van der Waals surface area contributed by atoms with Crippen molar-refractivity contribution in [1.82, 2.24) is 0 Å². The summed E-state index contributed by atoms with van der Waals surface area (Å²) in [5, 5.41) is 10.1. The number of hydrogen-bond donors (Lipinski definition) is 1. The first-order valence-electron chi connectivity index (χ1n) is 6.66. The van der Waals surface area contributed by atoms with Crippen LogP contribution in [0.15, 0.2) is 55.1 Å². The van der Waals surface area contributed by atoms with E-state index in [1.165, 1.54) is 0 Å². The van der Waals surface area contributed by atoms with Gasteiger partial charge in [-0.1, -0.05) is 53.5 Å². The first-order chi connectivity index (χ1) is 10.5. The molecule has 0 saturated carbocycles. The van der Waals surface area contributed by atoms with E-state index in [2.05, 4.69) is 6.58 Å². The number of carboxylic acid groups (broad SMARTS) is 1. The molecule has 0 aromatic heterocycles. The normalized spacial score (nSPS) is 9.83. The van der Waals surface area contributed by atoms with Crippen LogP contribution in [0.25, 0.3) is 0 Å². The molecule has 2 rings (SSSR count). The Balaban J connectivity index is 0.00000264. The molecular weight excluding hydrogens is 361 g/mol. The van der Waals surface area contributed by atoms with Crippen molar-refractivity contribution in [3.05, 3.63) is 70.7 Å². The molecule has 0 amide bonds. The number of carbonyl (C=O) groups is 1. The molecule has 0 aliphatic heterocycles. The molecule has 2 aromatic carbocycles. The Hall–Kier alpha value is -0.710. The van der Waals surface area contributed by atoms with Gasteiger partial charge in [-0.05, 0) is 23.8 Å². The van der Waals surface area contributed by atoms with Crippen molar-refractivity contribution in [2.24, 2.45) is 0 Å². The van der Waals surface area contributed by atoms with Crippen LogP contribution in [0.1, 0.15) is 5.56 Å². The van der Waals surface area contributed by atoms with Gasteiger partial charge >= 0.3 is 43.7 Å². The maximum absolute atomic E-state index is 11.1. The van der Waals surface area contributed by atoms with Crippen molar-refractivity contribution in [2.45, 2.75) is 6.42 Å². The van der Waals surface area contributed by atoms with Gasteiger partial charge in [0.2, 0.25) is 0 Å². The number of benzene rings is 2. The summed E-state index contributed by atoms with van der Waals surface area (Å²) in [6, 6.07) is 12.6. The van der Waals surface area contributed by atoms with Gasteiger partial charge in [-0.3, -0.25) is 4.79 Å². The third-order valence-electron chi connectivity index (χ3n) is 3.14. The first-order valence-corrected chi connectivity index (χ1v) is 7.42. The first kappa shape index (κ1) is 20.3. The van der Waals surface area contributed by atoms with Gasteiger partial charge in [0.15, 0.2) is 0 Å². The molecule has 118 valence electrons. The SMILES string of the molecule is C=CCN(c1ccccc1CC(=O)O)c1c(Cl)cccc1Cl.[CaH2]. The van der Waals surface area contributed by atoms with E-state index in [4.69, 9.17) is 28.3 Å². The quantitative estimate of drug-likeness (QED) is 0.610. The second kappa shape index (κ2) is 9.55. The summed E-state index contributed by atoms with van der Waals surface area (Å²) < 4.78 is 0. The zero-order valence-corrected chi connectivity index (χ0v) is 13.3. The van der Waals surface area contributed by atoms with E-state index in [1.807, 2.05) is 23.1 Å². The molecular formula is C17H17CaCl2NO2. The molecule has 0 aliphatic carbocycles. The van der Waals surface area contributed by atoms with Gasteiger partial charge in [0.25, 0.3) is 0 Å². The molecule has 0 radical (unpaired) electrons. The average Bonchev–Trinajstić information content (AvgIpc) is 2.46. The second-order valence-electron chi connectivity index (χ2n) is 4.67. The van der Waals surface area contributed by atoms with E-state index >= 15 is 0 Å². The summed E-state index contributed by atoms with van der Waals surface area (Å²) in [6.45, 7) is 4.22. The molecule has 0 saturated heterocycles. The van der Waals surface area contributed by atoms with E-state index in [0.29, 0.717) is 27.8 Å². The van der Waals surface area contributed by atoms with Crippen LogP contribution in [-0.2, 0) is 11.2 Å². The minimum absolute atomic E-state index is 0. The molecule has 0 fully saturated rings. The topological polar surface area (TPSA) is 40.5 Å². The van der Waals surface area contributed by atoms with Crippen LogP contribution in [0.2, 0.25) is 10.0 Å². The van der Waals surface area contributed by atoms with Gasteiger partial charge in [0.1, 0.15) is 0 Å². The van der Waals surface area contributed by atoms with E-state index < -0.39 is 5.97 Å². The van der Waals surface area contributed by atoms with Crippen LogP contribution in [0.3, 0.4) is 0 Å². The Bertz CT molecular complexity index is 686. The Morgan fingerprint density at radius 3 is 2.30 bits per heavy atom. The molecule has 23 heavy (non-hydrogen) atoms.